The highest BCUT2D eigenvalue weighted by molar-refractivity contribution is 5.93. The number of nitrogens with one attached hydrogen (secondary N) is 1. The predicted molar refractivity (Wildman–Crippen MR) is 106 cm³/mol. The van der Waals surface area contributed by atoms with E-state index in [1.807, 2.05) is 13.0 Å². The summed E-state index contributed by atoms with van der Waals surface area (Å²) in [4.78, 5) is 23.9. The fourth-order valence-electron chi connectivity index (χ4n) is 4.10. The van der Waals surface area contributed by atoms with Crippen molar-refractivity contribution in [3.63, 3.8) is 0 Å². The average molecular weight is 357 g/mol. The number of nitrogens with zero attached hydrogens (tertiary/aromatic N) is 3. The van der Waals surface area contributed by atoms with Crippen LogP contribution in [-0.2, 0) is 0 Å². The van der Waals surface area contributed by atoms with E-state index in [-0.39, 0.29) is 5.91 Å². The number of carbonyl (C=O) groups excluding carboxylic acids is 1. The van der Waals surface area contributed by atoms with Crippen molar-refractivity contribution >= 4 is 11.7 Å². The molecule has 1 amide bonds. The number of rotatable bonds is 6. The van der Waals surface area contributed by atoms with Gasteiger partial charge in [0, 0.05) is 25.2 Å². The molecule has 0 radical (unpaired) electrons. The maximum Gasteiger partial charge on any atom is 0.270 e. The SMILES string of the molecule is CCC1CCCCN1c1cc(C(=O)NCCC2=CCCCC2)nc(C)n1. The zero-order valence-electron chi connectivity index (χ0n) is 16.3. The molecule has 0 spiro atoms. The number of hydrogen-bond donors (Lipinski definition) is 1. The number of anilines is 1. The van der Waals surface area contributed by atoms with Crippen molar-refractivity contribution in [1.82, 2.24) is 15.3 Å². The summed E-state index contributed by atoms with van der Waals surface area (Å²) < 4.78 is 0. The molecule has 1 aliphatic carbocycles. The van der Waals surface area contributed by atoms with Gasteiger partial charge in [-0.15, -0.1) is 0 Å². The number of carbonyl (C=O) groups is 1. The van der Waals surface area contributed by atoms with Crippen LogP contribution in [0.25, 0.3) is 0 Å². The maximum absolute atomic E-state index is 12.6. The first-order valence-corrected chi connectivity index (χ1v) is 10.3. The summed E-state index contributed by atoms with van der Waals surface area (Å²) in [5.41, 5.74) is 1.97. The van der Waals surface area contributed by atoms with Crippen LogP contribution in [0.3, 0.4) is 0 Å². The van der Waals surface area contributed by atoms with E-state index in [2.05, 4.69) is 33.2 Å². The summed E-state index contributed by atoms with van der Waals surface area (Å²) >= 11 is 0. The Bertz CT molecular complexity index is 655. The zero-order valence-corrected chi connectivity index (χ0v) is 16.3. The van der Waals surface area contributed by atoms with Gasteiger partial charge in [0.1, 0.15) is 17.3 Å². The molecule has 142 valence electrons. The average Bonchev–Trinajstić information content (AvgIpc) is 2.68. The Hall–Kier alpha value is -1.91. The molecule has 5 nitrogen and oxygen atoms in total. The minimum Gasteiger partial charge on any atom is -0.354 e. The third-order valence-corrected chi connectivity index (χ3v) is 5.57. The Labute approximate surface area is 157 Å². The molecular formula is C21H32N4O. The van der Waals surface area contributed by atoms with Crippen LogP contribution in [0.4, 0.5) is 5.82 Å². The third-order valence-electron chi connectivity index (χ3n) is 5.57. The fraction of sp³-hybridized carbons (Fsp3) is 0.667. The van der Waals surface area contributed by atoms with Crippen LogP contribution in [0.5, 0.6) is 0 Å². The van der Waals surface area contributed by atoms with Crippen LogP contribution in [0.2, 0.25) is 0 Å². The summed E-state index contributed by atoms with van der Waals surface area (Å²) in [7, 11) is 0. The maximum atomic E-state index is 12.6. The zero-order chi connectivity index (χ0) is 18.4. The lowest BCUT2D eigenvalue weighted by Gasteiger charge is -2.36. The van der Waals surface area contributed by atoms with Gasteiger partial charge in [-0.25, -0.2) is 9.97 Å². The molecule has 1 N–H and O–H groups in total. The van der Waals surface area contributed by atoms with Gasteiger partial charge in [-0.2, -0.15) is 0 Å². The van der Waals surface area contributed by atoms with Gasteiger partial charge in [-0.1, -0.05) is 18.6 Å². The van der Waals surface area contributed by atoms with Gasteiger partial charge in [0.05, 0.1) is 0 Å². The fourth-order valence-corrected chi connectivity index (χ4v) is 4.10. The van der Waals surface area contributed by atoms with Gasteiger partial charge >= 0.3 is 0 Å². The standard InChI is InChI=1S/C21H32N4O/c1-3-18-11-7-8-14-25(18)20-15-19(23-16(2)24-20)21(26)22-13-12-17-9-5-4-6-10-17/h9,15,18H,3-8,10-14H2,1-2H3,(H,22,26). The quantitative estimate of drug-likeness (QED) is 0.777. The molecule has 1 saturated heterocycles. The van der Waals surface area contributed by atoms with Crippen molar-refractivity contribution in [3.05, 3.63) is 29.2 Å². The second kappa shape index (κ2) is 9.15. The van der Waals surface area contributed by atoms with E-state index in [9.17, 15) is 4.79 Å². The summed E-state index contributed by atoms with van der Waals surface area (Å²) in [6.45, 7) is 5.80. The molecule has 2 heterocycles. The van der Waals surface area contributed by atoms with Crippen molar-refractivity contribution < 1.29 is 4.79 Å². The Morgan fingerprint density at radius 2 is 2.15 bits per heavy atom. The molecule has 1 aromatic rings. The number of allylic oxidation sites excluding steroid dienone is 1. The lowest BCUT2D eigenvalue weighted by Crippen LogP contribution is -2.40. The van der Waals surface area contributed by atoms with E-state index >= 15 is 0 Å². The molecule has 3 rings (SSSR count). The van der Waals surface area contributed by atoms with E-state index in [0.29, 0.717) is 24.1 Å². The van der Waals surface area contributed by atoms with Crippen molar-refractivity contribution in [1.29, 1.82) is 0 Å². The minimum absolute atomic E-state index is 0.0850. The van der Waals surface area contributed by atoms with E-state index in [1.54, 1.807) is 0 Å². The number of aromatic nitrogens is 2. The van der Waals surface area contributed by atoms with Gasteiger partial charge < -0.3 is 10.2 Å². The number of amides is 1. The van der Waals surface area contributed by atoms with Crippen molar-refractivity contribution in [2.75, 3.05) is 18.0 Å². The van der Waals surface area contributed by atoms with E-state index in [1.165, 1.54) is 50.5 Å². The highest BCUT2D eigenvalue weighted by Crippen LogP contribution is 2.25. The first kappa shape index (κ1) is 18.9. The van der Waals surface area contributed by atoms with Gasteiger partial charge in [-0.3, -0.25) is 4.79 Å². The Kier molecular flexibility index (Phi) is 6.64. The number of aryl methyl sites for hydroxylation is 1. The van der Waals surface area contributed by atoms with Gasteiger partial charge in [-0.05, 0) is 64.7 Å². The summed E-state index contributed by atoms with van der Waals surface area (Å²) in [5.74, 6) is 1.49. The lowest BCUT2D eigenvalue weighted by molar-refractivity contribution is 0.0948. The summed E-state index contributed by atoms with van der Waals surface area (Å²) in [6.07, 6.45) is 13.0. The molecule has 1 fully saturated rings. The predicted octanol–water partition coefficient (Wildman–Crippen LogP) is 4.17. The molecule has 1 unspecified atom stereocenters. The smallest absolute Gasteiger partial charge is 0.270 e. The minimum atomic E-state index is -0.0850. The van der Waals surface area contributed by atoms with Crippen LogP contribution in [0.15, 0.2) is 17.7 Å². The van der Waals surface area contributed by atoms with E-state index in [0.717, 1.165) is 25.2 Å². The Balaban J connectivity index is 1.64. The van der Waals surface area contributed by atoms with Crippen LogP contribution >= 0.6 is 0 Å². The first-order valence-electron chi connectivity index (χ1n) is 10.3. The van der Waals surface area contributed by atoms with Gasteiger partial charge in [0.2, 0.25) is 0 Å². The number of piperidine rings is 1. The number of hydrogen-bond acceptors (Lipinski definition) is 4. The normalized spacial score (nSPS) is 20.6. The molecule has 0 bridgehead atoms. The van der Waals surface area contributed by atoms with Crippen molar-refractivity contribution in [2.45, 2.75) is 77.7 Å². The monoisotopic (exact) mass is 356 g/mol. The van der Waals surface area contributed by atoms with Crippen LogP contribution in [0.1, 0.15) is 81.0 Å². The molecule has 1 aliphatic heterocycles. The molecule has 26 heavy (non-hydrogen) atoms. The molecule has 1 atom stereocenters. The van der Waals surface area contributed by atoms with Crippen molar-refractivity contribution in [3.8, 4) is 0 Å². The second-order valence-electron chi connectivity index (χ2n) is 7.52. The summed E-state index contributed by atoms with van der Waals surface area (Å²) in [5, 5.41) is 3.04. The van der Waals surface area contributed by atoms with Gasteiger partial charge in [0.25, 0.3) is 5.91 Å². The molecule has 5 heteroatoms. The van der Waals surface area contributed by atoms with E-state index in [4.69, 9.17) is 0 Å². The first-order chi connectivity index (χ1) is 12.7. The largest absolute Gasteiger partial charge is 0.354 e. The van der Waals surface area contributed by atoms with Crippen molar-refractivity contribution in [2.24, 2.45) is 0 Å². The summed E-state index contributed by atoms with van der Waals surface area (Å²) in [6, 6.07) is 2.39. The second-order valence-corrected chi connectivity index (χ2v) is 7.52. The highest BCUT2D eigenvalue weighted by Gasteiger charge is 2.23. The van der Waals surface area contributed by atoms with Crippen LogP contribution < -0.4 is 10.2 Å². The van der Waals surface area contributed by atoms with E-state index < -0.39 is 0 Å². The van der Waals surface area contributed by atoms with Crippen LogP contribution in [0, 0.1) is 6.92 Å². The third kappa shape index (κ3) is 4.83. The molecule has 0 saturated carbocycles. The molecular weight excluding hydrogens is 324 g/mol. The van der Waals surface area contributed by atoms with Crippen LogP contribution in [-0.4, -0.2) is 35.0 Å². The Morgan fingerprint density at radius 3 is 2.92 bits per heavy atom. The Morgan fingerprint density at radius 1 is 1.27 bits per heavy atom. The highest BCUT2D eigenvalue weighted by atomic mass is 16.1. The molecule has 1 aromatic heterocycles. The molecule has 0 aromatic carbocycles. The topological polar surface area (TPSA) is 58.1 Å². The lowest BCUT2D eigenvalue weighted by atomic mass is 9.97. The molecule has 2 aliphatic rings. The van der Waals surface area contributed by atoms with Gasteiger partial charge in [0.15, 0.2) is 0 Å².